The van der Waals surface area contributed by atoms with Gasteiger partial charge < -0.3 is 15.8 Å². The van der Waals surface area contributed by atoms with Gasteiger partial charge in [0.15, 0.2) is 0 Å². The number of carbonyl (C=O) groups is 1. The number of amides is 1. The van der Waals surface area contributed by atoms with Crippen molar-refractivity contribution in [2.75, 3.05) is 12.8 Å². The molecule has 0 aromatic heterocycles. The van der Waals surface area contributed by atoms with Crippen LogP contribution in [0.1, 0.15) is 34.5 Å². The van der Waals surface area contributed by atoms with Gasteiger partial charge in [0.2, 0.25) is 0 Å². The smallest absolute Gasteiger partial charge is 0.253 e. The van der Waals surface area contributed by atoms with Crippen LogP contribution < -0.4 is 15.8 Å². The predicted octanol–water partition coefficient (Wildman–Crippen LogP) is 3.08. The molecule has 0 unspecified atom stereocenters. The number of hydrogen-bond donors (Lipinski definition) is 2. The van der Waals surface area contributed by atoms with Crippen molar-refractivity contribution in [1.29, 1.82) is 0 Å². The average molecular weight is 284 g/mol. The predicted molar refractivity (Wildman–Crippen MR) is 84.5 cm³/mol. The van der Waals surface area contributed by atoms with E-state index >= 15 is 0 Å². The largest absolute Gasteiger partial charge is 0.497 e. The second kappa shape index (κ2) is 6.31. The Morgan fingerprint density at radius 2 is 2.00 bits per heavy atom. The van der Waals surface area contributed by atoms with Crippen molar-refractivity contribution in [3.63, 3.8) is 0 Å². The molecule has 0 saturated heterocycles. The number of methoxy groups -OCH3 is 1. The number of nitrogens with one attached hydrogen (secondary N) is 1. The Bertz CT molecular complexity index is 653. The first-order valence-electron chi connectivity index (χ1n) is 6.82. The Labute approximate surface area is 124 Å². The maximum Gasteiger partial charge on any atom is 0.253 e. The van der Waals surface area contributed by atoms with Gasteiger partial charge in [-0.2, -0.15) is 0 Å². The molecule has 0 heterocycles. The van der Waals surface area contributed by atoms with E-state index in [1.165, 1.54) is 0 Å². The highest BCUT2D eigenvalue weighted by molar-refractivity contribution is 5.99. The zero-order valence-corrected chi connectivity index (χ0v) is 12.5. The van der Waals surface area contributed by atoms with Crippen LogP contribution in [0.4, 0.5) is 5.69 Å². The molecule has 0 radical (unpaired) electrons. The molecule has 2 rings (SSSR count). The summed E-state index contributed by atoms with van der Waals surface area (Å²) in [6.45, 7) is 3.98. The van der Waals surface area contributed by atoms with Gasteiger partial charge in [-0.3, -0.25) is 4.79 Å². The molecule has 0 aliphatic carbocycles. The fourth-order valence-corrected chi connectivity index (χ4v) is 2.17. The lowest BCUT2D eigenvalue weighted by molar-refractivity contribution is 0.0941. The Morgan fingerprint density at radius 3 is 2.62 bits per heavy atom. The number of carbonyl (C=O) groups excluding carboxylic acids is 1. The van der Waals surface area contributed by atoms with E-state index in [1.54, 1.807) is 25.3 Å². The second-order valence-electron chi connectivity index (χ2n) is 5.06. The molecule has 3 N–H and O–H groups in total. The van der Waals surface area contributed by atoms with Gasteiger partial charge in [-0.25, -0.2) is 0 Å². The van der Waals surface area contributed by atoms with Crippen LogP contribution in [0.3, 0.4) is 0 Å². The lowest BCUT2D eigenvalue weighted by Gasteiger charge is -2.16. The van der Waals surface area contributed by atoms with E-state index in [1.807, 2.05) is 32.0 Å². The van der Waals surface area contributed by atoms with E-state index in [-0.39, 0.29) is 11.9 Å². The summed E-state index contributed by atoms with van der Waals surface area (Å²) in [5, 5.41) is 2.96. The van der Waals surface area contributed by atoms with E-state index in [9.17, 15) is 4.79 Å². The Kier molecular flexibility index (Phi) is 4.48. The van der Waals surface area contributed by atoms with Crippen molar-refractivity contribution in [2.24, 2.45) is 0 Å². The number of benzene rings is 2. The topological polar surface area (TPSA) is 64.3 Å². The van der Waals surface area contributed by atoms with Crippen LogP contribution in [0.2, 0.25) is 0 Å². The van der Waals surface area contributed by atoms with E-state index in [0.717, 1.165) is 11.1 Å². The maximum atomic E-state index is 12.3. The summed E-state index contributed by atoms with van der Waals surface area (Å²) in [7, 11) is 1.56. The number of hydrogen-bond acceptors (Lipinski definition) is 3. The molecule has 0 saturated carbocycles. The number of anilines is 1. The molecule has 0 fully saturated rings. The number of nitrogen functional groups attached to an aromatic ring is 1. The fourth-order valence-electron chi connectivity index (χ4n) is 2.17. The van der Waals surface area contributed by atoms with Gasteiger partial charge >= 0.3 is 0 Å². The summed E-state index contributed by atoms with van der Waals surface area (Å²) in [5.41, 5.74) is 8.98. The minimum Gasteiger partial charge on any atom is -0.497 e. The van der Waals surface area contributed by atoms with Crippen molar-refractivity contribution in [1.82, 2.24) is 5.32 Å². The quantitative estimate of drug-likeness (QED) is 0.848. The summed E-state index contributed by atoms with van der Waals surface area (Å²) >= 11 is 0. The third-order valence-electron chi connectivity index (χ3n) is 3.39. The first-order valence-corrected chi connectivity index (χ1v) is 6.82. The highest BCUT2D eigenvalue weighted by Crippen LogP contribution is 2.21. The Morgan fingerprint density at radius 1 is 1.24 bits per heavy atom. The van der Waals surface area contributed by atoms with Gasteiger partial charge in [-0.1, -0.05) is 29.8 Å². The van der Waals surface area contributed by atoms with Gasteiger partial charge in [0.1, 0.15) is 5.75 Å². The molecule has 110 valence electrons. The van der Waals surface area contributed by atoms with Crippen LogP contribution in [-0.4, -0.2) is 13.0 Å². The molecule has 0 aliphatic heterocycles. The van der Waals surface area contributed by atoms with Gasteiger partial charge in [0.25, 0.3) is 5.91 Å². The second-order valence-corrected chi connectivity index (χ2v) is 5.06. The minimum absolute atomic E-state index is 0.0844. The minimum atomic E-state index is -0.191. The molecule has 4 nitrogen and oxygen atoms in total. The summed E-state index contributed by atoms with van der Waals surface area (Å²) in [6.07, 6.45) is 0. The number of ether oxygens (including phenoxy) is 1. The molecule has 0 bridgehead atoms. The molecule has 21 heavy (non-hydrogen) atoms. The fraction of sp³-hybridized carbons (Fsp3) is 0.235. The molecule has 1 atom stereocenters. The van der Waals surface area contributed by atoms with Crippen molar-refractivity contribution in [2.45, 2.75) is 19.9 Å². The van der Waals surface area contributed by atoms with E-state index in [4.69, 9.17) is 10.5 Å². The van der Waals surface area contributed by atoms with Crippen LogP contribution in [-0.2, 0) is 0 Å². The molecule has 1 amide bonds. The number of rotatable bonds is 4. The van der Waals surface area contributed by atoms with Crippen LogP contribution in [0.25, 0.3) is 0 Å². The van der Waals surface area contributed by atoms with Crippen molar-refractivity contribution in [3.05, 3.63) is 59.2 Å². The first kappa shape index (κ1) is 14.9. The third-order valence-corrected chi connectivity index (χ3v) is 3.39. The van der Waals surface area contributed by atoms with E-state index in [0.29, 0.717) is 17.0 Å². The van der Waals surface area contributed by atoms with Gasteiger partial charge in [-0.05, 0) is 31.5 Å². The van der Waals surface area contributed by atoms with Crippen LogP contribution in [0.5, 0.6) is 5.75 Å². The zero-order chi connectivity index (χ0) is 15.4. The maximum absolute atomic E-state index is 12.3. The molecular formula is C17H20N2O2. The number of aryl methyl sites for hydroxylation is 1. The molecule has 0 spiro atoms. The van der Waals surface area contributed by atoms with Crippen molar-refractivity contribution < 1.29 is 9.53 Å². The normalized spacial score (nSPS) is 11.8. The monoisotopic (exact) mass is 284 g/mol. The van der Waals surface area contributed by atoms with E-state index < -0.39 is 0 Å². The van der Waals surface area contributed by atoms with Crippen LogP contribution in [0, 0.1) is 6.92 Å². The molecular weight excluding hydrogens is 264 g/mol. The Hall–Kier alpha value is -2.49. The lowest BCUT2D eigenvalue weighted by Crippen LogP contribution is -2.27. The molecule has 2 aromatic rings. The van der Waals surface area contributed by atoms with Gasteiger partial charge in [0, 0.05) is 11.8 Å². The van der Waals surface area contributed by atoms with E-state index in [2.05, 4.69) is 11.4 Å². The summed E-state index contributed by atoms with van der Waals surface area (Å²) in [6, 6.07) is 13.0. The first-order chi connectivity index (χ1) is 10.0. The summed E-state index contributed by atoms with van der Waals surface area (Å²) in [5.74, 6) is 0.444. The van der Waals surface area contributed by atoms with Gasteiger partial charge in [0.05, 0.1) is 18.7 Å². The van der Waals surface area contributed by atoms with Gasteiger partial charge in [-0.15, -0.1) is 0 Å². The third kappa shape index (κ3) is 3.54. The zero-order valence-electron chi connectivity index (χ0n) is 12.5. The highest BCUT2D eigenvalue weighted by Gasteiger charge is 2.14. The van der Waals surface area contributed by atoms with Crippen molar-refractivity contribution in [3.8, 4) is 5.75 Å². The van der Waals surface area contributed by atoms with Crippen LogP contribution >= 0.6 is 0 Å². The summed E-state index contributed by atoms with van der Waals surface area (Å²) < 4.78 is 5.08. The standard InChI is InChI=1S/C17H20N2O2/c1-11-5-4-6-13(9-11)12(2)19-17(20)15-8-7-14(21-3)10-16(15)18/h4-10,12H,18H2,1-3H3,(H,19,20)/t12-/m0/s1. The molecule has 4 heteroatoms. The van der Waals surface area contributed by atoms with Crippen molar-refractivity contribution >= 4 is 11.6 Å². The number of nitrogens with two attached hydrogens (primary N) is 1. The van der Waals surface area contributed by atoms with Crippen LogP contribution in [0.15, 0.2) is 42.5 Å². The lowest BCUT2D eigenvalue weighted by atomic mass is 10.0. The highest BCUT2D eigenvalue weighted by atomic mass is 16.5. The summed E-state index contributed by atoms with van der Waals surface area (Å²) in [4.78, 5) is 12.3. The SMILES string of the molecule is COc1ccc(C(=O)N[C@@H](C)c2cccc(C)c2)c(N)c1. The molecule has 0 aliphatic rings. The Balaban J connectivity index is 2.14. The molecule has 2 aromatic carbocycles. The average Bonchev–Trinajstić information content (AvgIpc) is 2.46.